The van der Waals surface area contributed by atoms with Crippen LogP contribution >= 0.6 is 0 Å². The minimum absolute atomic E-state index is 0.317. The van der Waals surface area contributed by atoms with E-state index in [4.69, 9.17) is 0 Å². The Morgan fingerprint density at radius 1 is 1.45 bits per heavy atom. The maximum absolute atomic E-state index is 9.30. The Morgan fingerprint density at radius 2 is 2.18 bits per heavy atom. The summed E-state index contributed by atoms with van der Waals surface area (Å²) in [6, 6.07) is 3.52. The van der Waals surface area contributed by atoms with Crippen LogP contribution in [0.3, 0.4) is 0 Å². The molecule has 0 aliphatic heterocycles. The van der Waals surface area contributed by atoms with Crippen molar-refractivity contribution in [3.8, 4) is 5.75 Å². The third kappa shape index (κ3) is 1.93. The van der Waals surface area contributed by atoms with Crippen LogP contribution < -0.4 is 0 Å². The van der Waals surface area contributed by atoms with Crippen molar-refractivity contribution in [1.82, 2.24) is 4.98 Å². The van der Waals surface area contributed by atoms with Crippen LogP contribution in [0.5, 0.6) is 5.75 Å². The molecular weight excluding hydrogens is 138 g/mol. The highest BCUT2D eigenvalue weighted by Gasteiger charge is 2.00. The van der Waals surface area contributed by atoms with Gasteiger partial charge in [-0.1, -0.05) is 13.3 Å². The average Bonchev–Trinajstić information content (AvgIpc) is 1.98. The van der Waals surface area contributed by atoms with Crippen molar-refractivity contribution in [3.63, 3.8) is 0 Å². The van der Waals surface area contributed by atoms with Crippen molar-refractivity contribution < 1.29 is 5.11 Å². The van der Waals surface area contributed by atoms with Crippen LogP contribution in [0.2, 0.25) is 0 Å². The summed E-state index contributed by atoms with van der Waals surface area (Å²) in [4.78, 5) is 4.21. The first kappa shape index (κ1) is 8.05. The molecule has 0 unspecified atom stereocenters. The second kappa shape index (κ2) is 3.37. The molecule has 2 heteroatoms. The van der Waals surface area contributed by atoms with Crippen LogP contribution in [0, 0.1) is 6.92 Å². The van der Waals surface area contributed by atoms with Gasteiger partial charge in [-0.3, -0.25) is 4.98 Å². The fourth-order valence-corrected chi connectivity index (χ4v) is 1.02. The SMILES string of the molecule is CCCc1nc(C)ccc1O. The summed E-state index contributed by atoms with van der Waals surface area (Å²) in [7, 11) is 0. The van der Waals surface area contributed by atoms with Crippen LogP contribution in [-0.4, -0.2) is 10.1 Å². The molecule has 0 radical (unpaired) electrons. The quantitative estimate of drug-likeness (QED) is 0.701. The molecule has 1 aromatic rings. The zero-order chi connectivity index (χ0) is 8.27. The molecule has 1 aromatic heterocycles. The van der Waals surface area contributed by atoms with E-state index in [1.54, 1.807) is 6.07 Å². The highest BCUT2D eigenvalue weighted by Crippen LogP contribution is 2.15. The predicted octanol–water partition coefficient (Wildman–Crippen LogP) is 2.05. The number of nitrogens with zero attached hydrogens (tertiary/aromatic N) is 1. The minimum Gasteiger partial charge on any atom is -0.506 e. The maximum Gasteiger partial charge on any atom is 0.137 e. The Morgan fingerprint density at radius 3 is 2.82 bits per heavy atom. The molecule has 0 bridgehead atoms. The Labute approximate surface area is 66.9 Å². The van der Waals surface area contributed by atoms with E-state index < -0.39 is 0 Å². The number of aromatic nitrogens is 1. The first-order valence-corrected chi connectivity index (χ1v) is 3.89. The van der Waals surface area contributed by atoms with Crippen LogP contribution in [0.25, 0.3) is 0 Å². The van der Waals surface area contributed by atoms with E-state index in [1.807, 2.05) is 13.0 Å². The summed E-state index contributed by atoms with van der Waals surface area (Å²) in [5, 5.41) is 9.30. The van der Waals surface area contributed by atoms with Gasteiger partial charge in [0.2, 0.25) is 0 Å². The third-order valence-electron chi connectivity index (χ3n) is 1.58. The van der Waals surface area contributed by atoms with Gasteiger partial charge in [-0.15, -0.1) is 0 Å². The van der Waals surface area contributed by atoms with Crippen molar-refractivity contribution in [2.45, 2.75) is 26.7 Å². The van der Waals surface area contributed by atoms with E-state index in [9.17, 15) is 5.11 Å². The van der Waals surface area contributed by atoms with Crippen LogP contribution in [-0.2, 0) is 6.42 Å². The lowest BCUT2D eigenvalue weighted by Gasteiger charge is -2.01. The highest BCUT2D eigenvalue weighted by molar-refractivity contribution is 5.27. The lowest BCUT2D eigenvalue weighted by Crippen LogP contribution is -1.91. The van der Waals surface area contributed by atoms with Crippen molar-refractivity contribution in [2.75, 3.05) is 0 Å². The van der Waals surface area contributed by atoms with Crippen molar-refractivity contribution >= 4 is 0 Å². The van der Waals surface area contributed by atoms with Gasteiger partial charge in [0.1, 0.15) is 5.75 Å². The Hall–Kier alpha value is -1.05. The molecule has 0 aromatic carbocycles. The van der Waals surface area contributed by atoms with Gasteiger partial charge in [0, 0.05) is 5.69 Å². The first-order chi connectivity index (χ1) is 5.24. The number of aryl methyl sites for hydroxylation is 2. The summed E-state index contributed by atoms with van der Waals surface area (Å²) < 4.78 is 0. The van der Waals surface area contributed by atoms with Crippen molar-refractivity contribution in [3.05, 3.63) is 23.5 Å². The molecule has 0 saturated carbocycles. The molecule has 0 amide bonds. The standard InChI is InChI=1S/C9H13NO/c1-3-4-8-9(11)6-5-7(2)10-8/h5-6,11H,3-4H2,1-2H3. The lowest BCUT2D eigenvalue weighted by molar-refractivity contribution is 0.463. The van der Waals surface area contributed by atoms with E-state index >= 15 is 0 Å². The molecule has 1 heterocycles. The Kier molecular flexibility index (Phi) is 2.47. The zero-order valence-corrected chi connectivity index (χ0v) is 6.96. The predicted molar refractivity (Wildman–Crippen MR) is 44.6 cm³/mol. The molecule has 0 atom stereocenters. The average molecular weight is 151 g/mol. The van der Waals surface area contributed by atoms with Crippen molar-refractivity contribution in [1.29, 1.82) is 0 Å². The molecule has 0 fully saturated rings. The molecule has 0 aliphatic rings. The fourth-order valence-electron chi connectivity index (χ4n) is 1.02. The molecule has 2 nitrogen and oxygen atoms in total. The molecule has 1 N–H and O–H groups in total. The van der Waals surface area contributed by atoms with E-state index in [0.29, 0.717) is 5.75 Å². The number of aromatic hydroxyl groups is 1. The van der Waals surface area contributed by atoms with Crippen LogP contribution in [0.4, 0.5) is 0 Å². The van der Waals surface area contributed by atoms with Gasteiger partial charge in [0.25, 0.3) is 0 Å². The summed E-state index contributed by atoms with van der Waals surface area (Å²) in [6.07, 6.45) is 1.87. The normalized spacial score (nSPS) is 10.0. The van der Waals surface area contributed by atoms with Gasteiger partial charge in [-0.2, -0.15) is 0 Å². The Bertz CT molecular complexity index is 245. The van der Waals surface area contributed by atoms with Gasteiger partial charge >= 0.3 is 0 Å². The molecule has 0 spiro atoms. The second-order valence-corrected chi connectivity index (χ2v) is 2.67. The smallest absolute Gasteiger partial charge is 0.137 e. The third-order valence-corrected chi connectivity index (χ3v) is 1.58. The number of pyridine rings is 1. The molecular formula is C9H13NO. The van der Waals surface area contributed by atoms with Gasteiger partial charge in [-0.25, -0.2) is 0 Å². The topological polar surface area (TPSA) is 33.1 Å². The summed E-state index contributed by atoms with van der Waals surface area (Å²) in [6.45, 7) is 4.00. The molecule has 60 valence electrons. The fraction of sp³-hybridized carbons (Fsp3) is 0.444. The van der Waals surface area contributed by atoms with Gasteiger partial charge in [-0.05, 0) is 25.5 Å². The first-order valence-electron chi connectivity index (χ1n) is 3.89. The summed E-state index contributed by atoms with van der Waals surface area (Å²) >= 11 is 0. The molecule has 0 aliphatic carbocycles. The molecule has 1 rings (SSSR count). The molecule has 0 saturated heterocycles. The monoisotopic (exact) mass is 151 g/mol. The van der Waals surface area contributed by atoms with E-state index in [2.05, 4.69) is 11.9 Å². The number of hydrogen-bond acceptors (Lipinski definition) is 2. The summed E-state index contributed by atoms with van der Waals surface area (Å²) in [5.74, 6) is 0.317. The van der Waals surface area contributed by atoms with Crippen LogP contribution in [0.1, 0.15) is 24.7 Å². The second-order valence-electron chi connectivity index (χ2n) is 2.67. The highest BCUT2D eigenvalue weighted by atomic mass is 16.3. The number of hydrogen-bond donors (Lipinski definition) is 1. The van der Waals surface area contributed by atoms with Gasteiger partial charge in [0.05, 0.1) is 5.69 Å². The maximum atomic E-state index is 9.30. The van der Waals surface area contributed by atoms with E-state index in [0.717, 1.165) is 24.2 Å². The van der Waals surface area contributed by atoms with Crippen LogP contribution in [0.15, 0.2) is 12.1 Å². The van der Waals surface area contributed by atoms with Crippen molar-refractivity contribution in [2.24, 2.45) is 0 Å². The lowest BCUT2D eigenvalue weighted by atomic mass is 10.2. The number of rotatable bonds is 2. The Balaban J connectivity index is 2.93. The van der Waals surface area contributed by atoms with Gasteiger partial charge < -0.3 is 5.11 Å². The minimum atomic E-state index is 0.317. The molecule has 11 heavy (non-hydrogen) atoms. The van der Waals surface area contributed by atoms with Gasteiger partial charge in [0.15, 0.2) is 0 Å². The van der Waals surface area contributed by atoms with E-state index in [-0.39, 0.29) is 0 Å². The van der Waals surface area contributed by atoms with E-state index in [1.165, 1.54) is 0 Å². The zero-order valence-electron chi connectivity index (χ0n) is 6.96. The summed E-state index contributed by atoms with van der Waals surface area (Å²) in [5.41, 5.74) is 1.78. The largest absolute Gasteiger partial charge is 0.506 e.